The van der Waals surface area contributed by atoms with E-state index in [1.54, 1.807) is 12.5 Å². The molecule has 9 heteroatoms. The molecule has 0 bridgehead atoms. The highest BCUT2D eigenvalue weighted by Crippen LogP contribution is 2.32. The van der Waals surface area contributed by atoms with Crippen molar-refractivity contribution in [2.24, 2.45) is 5.73 Å². The zero-order chi connectivity index (χ0) is 15.9. The Hall–Kier alpha value is -1.35. The van der Waals surface area contributed by atoms with Crippen molar-refractivity contribution < 1.29 is 8.42 Å². The summed E-state index contributed by atoms with van der Waals surface area (Å²) in [6.45, 7) is 3.20. The quantitative estimate of drug-likeness (QED) is 0.839. The normalized spacial score (nSPS) is 20.0. The Labute approximate surface area is 134 Å². The first kappa shape index (κ1) is 15.5. The van der Waals surface area contributed by atoms with Gasteiger partial charge in [0.2, 0.25) is 10.0 Å². The van der Waals surface area contributed by atoms with E-state index in [2.05, 4.69) is 9.71 Å². The average molecular weight is 344 g/mol. The minimum atomic E-state index is -3.22. The summed E-state index contributed by atoms with van der Waals surface area (Å²) in [5.41, 5.74) is 7.74. The number of aromatic nitrogens is 2. The molecule has 1 unspecified atom stereocenters. The first-order chi connectivity index (χ1) is 10.4. The van der Waals surface area contributed by atoms with Crippen LogP contribution < -0.4 is 15.4 Å². The number of nitrogens with one attached hydrogen (secondary N) is 1. The molecule has 3 heterocycles. The van der Waals surface area contributed by atoms with Crippen molar-refractivity contribution in [3.05, 3.63) is 29.2 Å². The summed E-state index contributed by atoms with van der Waals surface area (Å²) < 4.78 is 27.9. The molecule has 2 aromatic heterocycles. The molecule has 0 radical (unpaired) electrons. The third-order valence-corrected chi connectivity index (χ3v) is 5.44. The number of sulfonamides is 1. The fraction of sp³-hybridized carbons (Fsp3) is 0.462. The van der Waals surface area contributed by atoms with Gasteiger partial charge in [-0.2, -0.15) is 0 Å². The van der Waals surface area contributed by atoms with Crippen molar-refractivity contribution in [3.8, 4) is 0 Å². The summed E-state index contributed by atoms with van der Waals surface area (Å²) in [4.78, 5) is 6.16. The lowest BCUT2D eigenvalue weighted by atomic mass is 10.1. The summed E-state index contributed by atoms with van der Waals surface area (Å²) >= 11 is 6.29. The Kier molecular flexibility index (Phi) is 4.02. The van der Waals surface area contributed by atoms with Crippen LogP contribution in [-0.4, -0.2) is 43.2 Å². The molecule has 0 aliphatic carbocycles. The topological polar surface area (TPSA) is 92.7 Å². The van der Waals surface area contributed by atoms with Crippen molar-refractivity contribution in [2.75, 3.05) is 30.3 Å². The second-order valence-electron chi connectivity index (χ2n) is 5.41. The van der Waals surface area contributed by atoms with Gasteiger partial charge in [-0.25, -0.2) is 18.1 Å². The van der Waals surface area contributed by atoms with Gasteiger partial charge < -0.3 is 10.6 Å². The predicted molar refractivity (Wildman–Crippen MR) is 86.8 cm³/mol. The molecule has 0 saturated carbocycles. The lowest BCUT2D eigenvalue weighted by Crippen LogP contribution is -2.32. The standard InChI is InChI=1S/C13H18ClN5O2S/c1-9(15)10-6-11(14)12-7-16-8-19(12)13(10)18-3-2-17-22(20,21)5-4-18/h6-9,17H,2-5,15H2,1H3. The van der Waals surface area contributed by atoms with Crippen molar-refractivity contribution in [1.82, 2.24) is 14.1 Å². The van der Waals surface area contributed by atoms with E-state index in [4.69, 9.17) is 17.3 Å². The van der Waals surface area contributed by atoms with Crippen LogP contribution in [0.3, 0.4) is 0 Å². The zero-order valence-corrected chi connectivity index (χ0v) is 13.7. The Bertz CT molecular complexity index is 802. The Balaban J connectivity index is 2.14. The molecule has 1 atom stereocenters. The van der Waals surface area contributed by atoms with Crippen molar-refractivity contribution >= 4 is 33.0 Å². The molecule has 1 fully saturated rings. The monoisotopic (exact) mass is 343 g/mol. The zero-order valence-electron chi connectivity index (χ0n) is 12.2. The van der Waals surface area contributed by atoms with Crippen LogP contribution in [0, 0.1) is 0 Å². The SMILES string of the molecule is CC(N)c1cc(Cl)c2cncn2c1N1CCNS(=O)(=O)CC1. The van der Waals surface area contributed by atoms with Crippen LogP contribution in [0.25, 0.3) is 5.52 Å². The molecule has 7 nitrogen and oxygen atoms in total. The number of pyridine rings is 1. The predicted octanol–water partition coefficient (Wildman–Crippen LogP) is 0.747. The Morgan fingerprint density at radius 2 is 2.23 bits per heavy atom. The van der Waals surface area contributed by atoms with E-state index in [9.17, 15) is 8.42 Å². The lowest BCUT2D eigenvalue weighted by Gasteiger charge is -2.27. The summed E-state index contributed by atoms with van der Waals surface area (Å²) in [5.74, 6) is 0.898. The van der Waals surface area contributed by atoms with Gasteiger partial charge >= 0.3 is 0 Å². The third-order valence-electron chi connectivity index (χ3n) is 3.78. The van der Waals surface area contributed by atoms with Crippen LogP contribution in [0.5, 0.6) is 0 Å². The largest absolute Gasteiger partial charge is 0.355 e. The number of hydrogen-bond acceptors (Lipinski definition) is 5. The maximum absolute atomic E-state index is 11.7. The maximum Gasteiger partial charge on any atom is 0.213 e. The molecule has 3 rings (SSSR count). The van der Waals surface area contributed by atoms with E-state index >= 15 is 0 Å². The molecule has 3 N–H and O–H groups in total. The number of fused-ring (bicyclic) bond motifs is 1. The van der Waals surface area contributed by atoms with Gasteiger partial charge in [0, 0.05) is 31.2 Å². The lowest BCUT2D eigenvalue weighted by molar-refractivity contribution is 0.586. The van der Waals surface area contributed by atoms with Crippen LogP contribution in [0.4, 0.5) is 5.82 Å². The van der Waals surface area contributed by atoms with Crippen molar-refractivity contribution in [2.45, 2.75) is 13.0 Å². The van der Waals surface area contributed by atoms with Gasteiger partial charge in [0.15, 0.2) is 0 Å². The molecule has 0 amide bonds. The highest BCUT2D eigenvalue weighted by molar-refractivity contribution is 7.89. The molecule has 1 aliphatic rings. The van der Waals surface area contributed by atoms with E-state index < -0.39 is 10.0 Å². The van der Waals surface area contributed by atoms with Gasteiger partial charge in [0.1, 0.15) is 12.1 Å². The van der Waals surface area contributed by atoms with Crippen LogP contribution in [0.2, 0.25) is 5.02 Å². The van der Waals surface area contributed by atoms with E-state index in [-0.39, 0.29) is 11.8 Å². The summed E-state index contributed by atoms with van der Waals surface area (Å²) in [6, 6.07) is 1.61. The van der Waals surface area contributed by atoms with Gasteiger partial charge in [-0.3, -0.25) is 4.40 Å². The number of nitrogens with two attached hydrogens (primary N) is 1. The second-order valence-corrected chi connectivity index (χ2v) is 7.74. The number of hydrogen-bond donors (Lipinski definition) is 2. The highest BCUT2D eigenvalue weighted by atomic mass is 35.5. The van der Waals surface area contributed by atoms with Gasteiger partial charge in [-0.05, 0) is 13.0 Å². The Morgan fingerprint density at radius 1 is 1.45 bits per heavy atom. The van der Waals surface area contributed by atoms with Gasteiger partial charge in [0.25, 0.3) is 0 Å². The number of rotatable bonds is 2. The summed E-state index contributed by atoms with van der Waals surface area (Å²) in [7, 11) is -3.22. The fourth-order valence-corrected chi connectivity index (χ4v) is 3.95. The van der Waals surface area contributed by atoms with Crippen LogP contribution in [0.1, 0.15) is 18.5 Å². The molecule has 2 aromatic rings. The van der Waals surface area contributed by atoms with E-state index in [0.29, 0.717) is 24.7 Å². The minimum Gasteiger partial charge on any atom is -0.355 e. The maximum atomic E-state index is 11.7. The van der Waals surface area contributed by atoms with E-state index in [1.165, 1.54) is 0 Å². The molecular weight excluding hydrogens is 326 g/mol. The van der Waals surface area contributed by atoms with Crippen LogP contribution in [0.15, 0.2) is 18.6 Å². The van der Waals surface area contributed by atoms with Crippen LogP contribution >= 0.6 is 11.6 Å². The summed E-state index contributed by atoms with van der Waals surface area (Å²) in [6.07, 6.45) is 3.36. The molecule has 22 heavy (non-hydrogen) atoms. The third kappa shape index (κ3) is 2.79. The fourth-order valence-electron chi connectivity index (χ4n) is 2.69. The smallest absolute Gasteiger partial charge is 0.213 e. The molecule has 1 saturated heterocycles. The summed E-state index contributed by atoms with van der Waals surface area (Å²) in [5, 5.41) is 0.578. The van der Waals surface area contributed by atoms with Crippen LogP contribution in [-0.2, 0) is 10.0 Å². The highest BCUT2D eigenvalue weighted by Gasteiger charge is 2.24. The van der Waals surface area contributed by atoms with Crippen molar-refractivity contribution in [3.63, 3.8) is 0 Å². The van der Waals surface area contributed by atoms with Gasteiger partial charge in [-0.1, -0.05) is 11.6 Å². The second kappa shape index (κ2) is 5.69. The minimum absolute atomic E-state index is 0.0458. The molecule has 0 spiro atoms. The molecule has 120 valence electrons. The number of nitrogens with zero attached hydrogens (tertiary/aromatic N) is 3. The number of imidazole rings is 1. The first-order valence-corrected chi connectivity index (χ1v) is 9.04. The van der Waals surface area contributed by atoms with Gasteiger partial charge in [0.05, 0.1) is 22.5 Å². The molecule has 1 aliphatic heterocycles. The molecular formula is C13H18ClN5O2S. The number of halogens is 1. The van der Waals surface area contributed by atoms with Crippen molar-refractivity contribution in [1.29, 1.82) is 0 Å². The van der Waals surface area contributed by atoms with E-state index in [1.807, 2.05) is 22.3 Å². The Morgan fingerprint density at radius 3 is 2.95 bits per heavy atom. The average Bonchev–Trinajstić information content (AvgIpc) is 2.85. The number of anilines is 1. The molecule has 0 aromatic carbocycles. The first-order valence-electron chi connectivity index (χ1n) is 7.01. The van der Waals surface area contributed by atoms with Gasteiger partial charge in [-0.15, -0.1) is 0 Å². The van der Waals surface area contributed by atoms with E-state index in [0.717, 1.165) is 16.9 Å².